The van der Waals surface area contributed by atoms with Gasteiger partial charge in [-0.1, -0.05) is 18.6 Å². The number of amides is 1. The number of nitrogens with zero attached hydrogens (tertiary/aromatic N) is 3. The summed E-state index contributed by atoms with van der Waals surface area (Å²) in [6.45, 7) is 5.04. The van der Waals surface area contributed by atoms with Gasteiger partial charge in [0.2, 0.25) is 15.9 Å². The van der Waals surface area contributed by atoms with Crippen molar-refractivity contribution in [3.8, 4) is 5.69 Å². The van der Waals surface area contributed by atoms with Gasteiger partial charge >= 0.3 is 0 Å². The van der Waals surface area contributed by atoms with Gasteiger partial charge in [-0.25, -0.2) is 17.5 Å². The van der Waals surface area contributed by atoms with E-state index in [1.54, 1.807) is 45.4 Å². The number of piperidine rings is 1. The molecular formula is C25H29FN4O3S. The summed E-state index contributed by atoms with van der Waals surface area (Å²) in [5.74, 6) is -0.508. The van der Waals surface area contributed by atoms with Crippen LogP contribution in [0, 0.1) is 19.7 Å². The van der Waals surface area contributed by atoms with Gasteiger partial charge in [-0.05, 0) is 68.7 Å². The van der Waals surface area contributed by atoms with Crippen LogP contribution in [-0.4, -0.2) is 41.5 Å². The van der Waals surface area contributed by atoms with E-state index >= 15 is 0 Å². The van der Waals surface area contributed by atoms with Crippen molar-refractivity contribution in [2.24, 2.45) is 0 Å². The van der Waals surface area contributed by atoms with Crippen LogP contribution in [0.2, 0.25) is 0 Å². The van der Waals surface area contributed by atoms with Crippen molar-refractivity contribution >= 4 is 15.9 Å². The SMILES string of the molecule is Cc1nn(-c2ccc(F)cc2)c(C)c1CC(=O)NCc1cccc(S(=O)(=O)N2CCCCC2)c1. The van der Waals surface area contributed by atoms with Crippen LogP contribution in [0.25, 0.3) is 5.69 Å². The summed E-state index contributed by atoms with van der Waals surface area (Å²) in [5.41, 5.74) is 3.80. The highest BCUT2D eigenvalue weighted by atomic mass is 32.2. The van der Waals surface area contributed by atoms with Gasteiger partial charge in [-0.2, -0.15) is 9.40 Å². The van der Waals surface area contributed by atoms with E-state index in [4.69, 9.17) is 0 Å². The molecule has 1 saturated heterocycles. The number of halogens is 1. The number of nitrogens with one attached hydrogen (secondary N) is 1. The molecule has 2 heterocycles. The van der Waals surface area contributed by atoms with Crippen LogP contribution in [0.15, 0.2) is 53.4 Å². The summed E-state index contributed by atoms with van der Waals surface area (Å²) in [4.78, 5) is 12.9. The highest BCUT2D eigenvalue weighted by molar-refractivity contribution is 7.89. The van der Waals surface area contributed by atoms with Crippen LogP contribution in [0.4, 0.5) is 4.39 Å². The second-order valence-electron chi connectivity index (χ2n) is 8.60. The van der Waals surface area contributed by atoms with Gasteiger partial charge < -0.3 is 5.32 Å². The monoisotopic (exact) mass is 484 g/mol. The third-order valence-corrected chi connectivity index (χ3v) is 8.09. The zero-order chi connectivity index (χ0) is 24.3. The molecule has 1 aliphatic rings. The average Bonchev–Trinajstić information content (AvgIpc) is 3.12. The average molecular weight is 485 g/mol. The first-order valence-corrected chi connectivity index (χ1v) is 12.9. The van der Waals surface area contributed by atoms with Gasteiger partial charge in [0.1, 0.15) is 5.82 Å². The smallest absolute Gasteiger partial charge is 0.243 e. The van der Waals surface area contributed by atoms with Crippen LogP contribution >= 0.6 is 0 Å². The van der Waals surface area contributed by atoms with E-state index in [0.717, 1.165) is 47.5 Å². The Hall–Kier alpha value is -3.04. The summed E-state index contributed by atoms with van der Waals surface area (Å²) in [6.07, 6.45) is 2.96. The number of benzene rings is 2. The van der Waals surface area contributed by atoms with Crippen LogP contribution in [0.3, 0.4) is 0 Å². The standard InChI is InChI=1S/C25H29FN4O3S/c1-18-24(19(2)30(28-18)22-11-9-21(26)10-12-22)16-25(31)27-17-20-7-6-8-23(15-20)34(32,33)29-13-4-3-5-14-29/h6-12,15H,3-5,13-14,16-17H2,1-2H3,(H,27,31). The molecule has 0 aliphatic carbocycles. The van der Waals surface area contributed by atoms with E-state index < -0.39 is 10.0 Å². The summed E-state index contributed by atoms with van der Waals surface area (Å²) in [5, 5.41) is 7.39. The van der Waals surface area contributed by atoms with Gasteiger partial charge in [-0.3, -0.25) is 4.79 Å². The molecule has 0 saturated carbocycles. The van der Waals surface area contributed by atoms with E-state index in [1.165, 1.54) is 12.1 Å². The molecule has 1 N–H and O–H groups in total. The molecule has 180 valence electrons. The molecule has 1 aliphatic heterocycles. The van der Waals surface area contributed by atoms with Crippen molar-refractivity contribution in [2.75, 3.05) is 13.1 Å². The molecule has 0 spiro atoms. The van der Waals surface area contributed by atoms with Crippen molar-refractivity contribution in [1.82, 2.24) is 19.4 Å². The fourth-order valence-electron chi connectivity index (χ4n) is 4.26. The van der Waals surface area contributed by atoms with E-state index in [9.17, 15) is 17.6 Å². The van der Waals surface area contributed by atoms with E-state index in [2.05, 4.69) is 10.4 Å². The molecule has 0 unspecified atom stereocenters. The Bertz CT molecular complexity index is 1280. The maximum Gasteiger partial charge on any atom is 0.243 e. The Morgan fingerprint density at radius 3 is 2.47 bits per heavy atom. The highest BCUT2D eigenvalue weighted by Gasteiger charge is 2.26. The second kappa shape index (κ2) is 10.1. The van der Waals surface area contributed by atoms with Gasteiger partial charge in [0.05, 0.1) is 22.7 Å². The quantitative estimate of drug-likeness (QED) is 0.555. The number of hydrogen-bond acceptors (Lipinski definition) is 4. The van der Waals surface area contributed by atoms with Crippen molar-refractivity contribution in [1.29, 1.82) is 0 Å². The molecule has 7 nitrogen and oxygen atoms in total. The molecule has 0 atom stereocenters. The Balaban J connectivity index is 1.42. The number of aromatic nitrogens is 2. The Labute approximate surface area is 199 Å². The minimum Gasteiger partial charge on any atom is -0.352 e. The largest absolute Gasteiger partial charge is 0.352 e. The van der Waals surface area contributed by atoms with Gasteiger partial charge in [0, 0.05) is 30.9 Å². The lowest BCUT2D eigenvalue weighted by molar-refractivity contribution is -0.120. The first-order chi connectivity index (χ1) is 16.3. The minimum absolute atomic E-state index is 0.143. The fourth-order valence-corrected chi connectivity index (χ4v) is 5.85. The normalized spacial score (nSPS) is 14.8. The van der Waals surface area contributed by atoms with Crippen molar-refractivity contribution in [3.05, 3.63) is 76.9 Å². The van der Waals surface area contributed by atoms with Gasteiger partial charge in [-0.15, -0.1) is 0 Å². The summed E-state index contributed by atoms with van der Waals surface area (Å²) in [7, 11) is -3.52. The van der Waals surface area contributed by atoms with E-state index in [1.807, 2.05) is 13.8 Å². The predicted molar refractivity (Wildman–Crippen MR) is 128 cm³/mol. The number of sulfonamides is 1. The van der Waals surface area contributed by atoms with E-state index in [0.29, 0.717) is 13.1 Å². The molecule has 0 bridgehead atoms. The molecular weight excluding hydrogens is 455 g/mol. The highest BCUT2D eigenvalue weighted by Crippen LogP contribution is 2.22. The van der Waals surface area contributed by atoms with Crippen LogP contribution in [0.1, 0.15) is 41.8 Å². The van der Waals surface area contributed by atoms with Gasteiger partial charge in [0.25, 0.3) is 0 Å². The lowest BCUT2D eigenvalue weighted by Crippen LogP contribution is -2.35. The van der Waals surface area contributed by atoms with Crippen molar-refractivity contribution in [3.63, 3.8) is 0 Å². The minimum atomic E-state index is -3.52. The zero-order valence-electron chi connectivity index (χ0n) is 19.4. The first kappa shape index (κ1) is 24.1. The summed E-state index contributed by atoms with van der Waals surface area (Å²) < 4.78 is 42.4. The molecule has 1 fully saturated rings. The Morgan fingerprint density at radius 2 is 1.76 bits per heavy atom. The summed E-state index contributed by atoms with van der Waals surface area (Å²) in [6, 6.07) is 12.8. The fraction of sp³-hybridized carbons (Fsp3) is 0.360. The molecule has 3 aromatic rings. The number of carbonyl (C=O) groups excluding carboxylic acids is 1. The number of carbonyl (C=O) groups is 1. The van der Waals surface area contributed by atoms with Crippen LogP contribution in [0.5, 0.6) is 0 Å². The van der Waals surface area contributed by atoms with Crippen LogP contribution in [-0.2, 0) is 27.8 Å². The number of rotatable bonds is 7. The third-order valence-electron chi connectivity index (χ3n) is 6.19. The lowest BCUT2D eigenvalue weighted by Gasteiger charge is -2.26. The Kier molecular flexibility index (Phi) is 7.13. The second-order valence-corrected chi connectivity index (χ2v) is 10.5. The maximum atomic E-state index is 13.3. The summed E-state index contributed by atoms with van der Waals surface area (Å²) >= 11 is 0. The first-order valence-electron chi connectivity index (χ1n) is 11.4. The topological polar surface area (TPSA) is 84.3 Å². The maximum absolute atomic E-state index is 13.3. The molecule has 4 rings (SSSR count). The van der Waals surface area contributed by atoms with Crippen LogP contribution < -0.4 is 5.32 Å². The molecule has 9 heteroatoms. The van der Waals surface area contributed by atoms with Crippen molar-refractivity contribution in [2.45, 2.75) is 51.0 Å². The van der Waals surface area contributed by atoms with E-state index in [-0.39, 0.29) is 29.6 Å². The molecule has 34 heavy (non-hydrogen) atoms. The molecule has 1 aromatic heterocycles. The van der Waals surface area contributed by atoms with Gasteiger partial charge in [0.15, 0.2) is 0 Å². The zero-order valence-corrected chi connectivity index (χ0v) is 20.2. The van der Waals surface area contributed by atoms with Crippen molar-refractivity contribution < 1.29 is 17.6 Å². The third kappa shape index (κ3) is 5.20. The molecule has 1 amide bonds. The number of hydrogen-bond donors (Lipinski definition) is 1. The number of aryl methyl sites for hydroxylation is 1. The molecule has 0 radical (unpaired) electrons. The lowest BCUT2D eigenvalue weighted by atomic mass is 10.1. The Morgan fingerprint density at radius 1 is 1.06 bits per heavy atom. The predicted octanol–water partition coefficient (Wildman–Crippen LogP) is 3.66. The molecule has 2 aromatic carbocycles.